The fourth-order valence-electron chi connectivity index (χ4n) is 1.85. The molecule has 1 amide bonds. The summed E-state index contributed by atoms with van der Waals surface area (Å²) in [6.45, 7) is 2.63. The van der Waals surface area contributed by atoms with Crippen molar-refractivity contribution < 1.29 is 9.53 Å². The van der Waals surface area contributed by atoms with Gasteiger partial charge in [0.25, 0.3) is 0 Å². The second-order valence-corrected chi connectivity index (χ2v) is 5.20. The molecule has 0 radical (unpaired) electrons. The Balaban J connectivity index is 1.66. The predicted molar refractivity (Wildman–Crippen MR) is 90.1 cm³/mol. The first-order valence-corrected chi connectivity index (χ1v) is 7.63. The molecule has 0 bridgehead atoms. The first kappa shape index (κ1) is 17.0. The van der Waals surface area contributed by atoms with Gasteiger partial charge >= 0.3 is 6.09 Å². The minimum Gasteiger partial charge on any atom is -0.445 e. The standard InChI is InChI=1S/C17H18ClN3O2/c1-13-15(11-20-16(18)21-13)9-5-6-10-19-17(22)23-12-14-7-3-2-4-8-14/h2-5,7-9,11H,6,10,12H2,1H3,(H,19,22). The van der Waals surface area contributed by atoms with Crippen LogP contribution in [-0.2, 0) is 11.3 Å². The Morgan fingerprint density at radius 2 is 2.13 bits per heavy atom. The Morgan fingerprint density at radius 1 is 1.35 bits per heavy atom. The molecule has 0 aliphatic heterocycles. The van der Waals surface area contributed by atoms with Crippen LogP contribution in [0.5, 0.6) is 0 Å². The van der Waals surface area contributed by atoms with Gasteiger partial charge in [-0.15, -0.1) is 0 Å². The maximum absolute atomic E-state index is 11.5. The number of halogens is 1. The van der Waals surface area contributed by atoms with Crippen molar-refractivity contribution in [3.05, 3.63) is 64.7 Å². The van der Waals surface area contributed by atoms with E-state index in [9.17, 15) is 4.79 Å². The smallest absolute Gasteiger partial charge is 0.407 e. The number of benzene rings is 1. The molecule has 0 atom stereocenters. The molecule has 0 saturated carbocycles. The van der Waals surface area contributed by atoms with Crippen LogP contribution in [-0.4, -0.2) is 22.6 Å². The molecule has 0 saturated heterocycles. The fourth-order valence-corrected chi connectivity index (χ4v) is 2.03. The van der Waals surface area contributed by atoms with Crippen LogP contribution in [0, 0.1) is 6.92 Å². The molecule has 2 aromatic rings. The average molecular weight is 332 g/mol. The minimum absolute atomic E-state index is 0.238. The van der Waals surface area contributed by atoms with Crippen LogP contribution in [0.15, 0.2) is 42.6 Å². The third-order valence-corrected chi connectivity index (χ3v) is 3.26. The predicted octanol–water partition coefficient (Wildman–Crippen LogP) is 3.77. The van der Waals surface area contributed by atoms with Crippen molar-refractivity contribution in [2.45, 2.75) is 20.0 Å². The Labute approximate surface area is 140 Å². The molecule has 0 aliphatic rings. The van der Waals surface area contributed by atoms with Gasteiger partial charge in [-0.2, -0.15) is 0 Å². The average Bonchev–Trinajstić information content (AvgIpc) is 2.55. The van der Waals surface area contributed by atoms with Crippen LogP contribution in [0.3, 0.4) is 0 Å². The van der Waals surface area contributed by atoms with Gasteiger partial charge in [-0.1, -0.05) is 42.5 Å². The number of rotatable bonds is 6. The highest BCUT2D eigenvalue weighted by atomic mass is 35.5. The maximum atomic E-state index is 11.5. The number of amides is 1. The lowest BCUT2D eigenvalue weighted by Gasteiger charge is -2.06. The van der Waals surface area contributed by atoms with Crippen LogP contribution >= 0.6 is 11.6 Å². The molecule has 0 unspecified atom stereocenters. The van der Waals surface area contributed by atoms with E-state index in [1.54, 1.807) is 6.20 Å². The SMILES string of the molecule is Cc1nc(Cl)ncc1C=CCCNC(=O)OCc1ccccc1. The zero-order valence-corrected chi connectivity index (χ0v) is 13.6. The summed E-state index contributed by atoms with van der Waals surface area (Å²) in [5.41, 5.74) is 2.68. The first-order chi connectivity index (χ1) is 11.1. The highest BCUT2D eigenvalue weighted by Gasteiger charge is 2.01. The van der Waals surface area contributed by atoms with E-state index in [2.05, 4.69) is 15.3 Å². The zero-order valence-electron chi connectivity index (χ0n) is 12.8. The molecule has 0 spiro atoms. The molecule has 5 nitrogen and oxygen atoms in total. The highest BCUT2D eigenvalue weighted by molar-refractivity contribution is 6.28. The summed E-state index contributed by atoms with van der Waals surface area (Å²) < 4.78 is 5.12. The van der Waals surface area contributed by atoms with Crippen LogP contribution in [0.1, 0.15) is 23.2 Å². The van der Waals surface area contributed by atoms with E-state index < -0.39 is 6.09 Å². The third kappa shape index (κ3) is 6.08. The number of nitrogens with one attached hydrogen (secondary N) is 1. The molecule has 1 heterocycles. The molecule has 1 aromatic carbocycles. The lowest BCUT2D eigenvalue weighted by Crippen LogP contribution is -2.24. The van der Waals surface area contributed by atoms with E-state index in [1.165, 1.54) is 0 Å². The van der Waals surface area contributed by atoms with Crippen molar-refractivity contribution >= 4 is 23.8 Å². The van der Waals surface area contributed by atoms with E-state index >= 15 is 0 Å². The monoisotopic (exact) mass is 331 g/mol. The van der Waals surface area contributed by atoms with Crippen LogP contribution in [0.2, 0.25) is 5.28 Å². The van der Waals surface area contributed by atoms with Crippen molar-refractivity contribution in [3.8, 4) is 0 Å². The maximum Gasteiger partial charge on any atom is 0.407 e. The topological polar surface area (TPSA) is 64.1 Å². The van der Waals surface area contributed by atoms with Gasteiger partial charge in [0.05, 0.1) is 0 Å². The molecule has 6 heteroatoms. The van der Waals surface area contributed by atoms with Crippen molar-refractivity contribution in [2.75, 3.05) is 6.54 Å². The van der Waals surface area contributed by atoms with Gasteiger partial charge in [-0.3, -0.25) is 0 Å². The van der Waals surface area contributed by atoms with Gasteiger partial charge < -0.3 is 10.1 Å². The normalized spacial score (nSPS) is 10.7. The molecular weight excluding hydrogens is 314 g/mol. The summed E-state index contributed by atoms with van der Waals surface area (Å²) in [6, 6.07) is 9.55. The van der Waals surface area contributed by atoms with Gasteiger partial charge in [-0.25, -0.2) is 14.8 Å². The molecule has 120 valence electrons. The summed E-state index contributed by atoms with van der Waals surface area (Å²) in [5, 5.41) is 2.94. The number of ether oxygens (including phenoxy) is 1. The quantitative estimate of drug-likeness (QED) is 0.646. The Morgan fingerprint density at radius 3 is 2.87 bits per heavy atom. The summed E-state index contributed by atoms with van der Waals surface area (Å²) in [4.78, 5) is 19.5. The van der Waals surface area contributed by atoms with Crippen LogP contribution in [0.25, 0.3) is 6.08 Å². The number of aryl methyl sites for hydroxylation is 1. The third-order valence-electron chi connectivity index (χ3n) is 3.08. The van der Waals surface area contributed by atoms with E-state index in [0.717, 1.165) is 16.8 Å². The number of carbonyl (C=O) groups excluding carboxylic acids is 1. The minimum atomic E-state index is -0.423. The largest absolute Gasteiger partial charge is 0.445 e. The zero-order chi connectivity index (χ0) is 16.5. The van der Waals surface area contributed by atoms with Crippen molar-refractivity contribution in [3.63, 3.8) is 0 Å². The number of aromatic nitrogens is 2. The van der Waals surface area contributed by atoms with Crippen molar-refractivity contribution in [1.29, 1.82) is 0 Å². The molecular formula is C17H18ClN3O2. The van der Waals surface area contributed by atoms with Gasteiger partial charge in [0.2, 0.25) is 5.28 Å². The number of hydrogen-bond donors (Lipinski definition) is 1. The van der Waals surface area contributed by atoms with Gasteiger partial charge in [-0.05, 0) is 30.5 Å². The Bertz CT molecular complexity index is 675. The summed E-state index contributed by atoms with van der Waals surface area (Å²) >= 11 is 5.70. The van der Waals surface area contributed by atoms with E-state index in [0.29, 0.717) is 13.0 Å². The summed E-state index contributed by atoms with van der Waals surface area (Å²) in [7, 11) is 0. The van der Waals surface area contributed by atoms with Gasteiger partial charge in [0.15, 0.2) is 0 Å². The number of carbonyl (C=O) groups is 1. The fraction of sp³-hybridized carbons (Fsp3) is 0.235. The Kier molecular flexibility index (Phi) is 6.56. The van der Waals surface area contributed by atoms with E-state index in [1.807, 2.05) is 49.4 Å². The molecule has 0 aliphatic carbocycles. The molecule has 2 rings (SSSR count). The van der Waals surface area contributed by atoms with Crippen LogP contribution < -0.4 is 5.32 Å². The highest BCUT2D eigenvalue weighted by Crippen LogP contribution is 2.09. The van der Waals surface area contributed by atoms with Gasteiger partial charge in [0, 0.05) is 24.0 Å². The second kappa shape index (κ2) is 8.90. The Hall–Kier alpha value is -2.40. The van der Waals surface area contributed by atoms with Crippen molar-refractivity contribution in [1.82, 2.24) is 15.3 Å². The first-order valence-electron chi connectivity index (χ1n) is 7.25. The molecule has 23 heavy (non-hydrogen) atoms. The number of hydrogen-bond acceptors (Lipinski definition) is 4. The van der Waals surface area contributed by atoms with E-state index in [4.69, 9.17) is 16.3 Å². The second-order valence-electron chi connectivity index (χ2n) is 4.86. The molecule has 1 aromatic heterocycles. The van der Waals surface area contributed by atoms with Crippen LogP contribution in [0.4, 0.5) is 4.79 Å². The van der Waals surface area contributed by atoms with Gasteiger partial charge in [0.1, 0.15) is 6.61 Å². The van der Waals surface area contributed by atoms with Crippen molar-refractivity contribution in [2.24, 2.45) is 0 Å². The summed E-state index contributed by atoms with van der Waals surface area (Å²) in [6.07, 6.45) is 5.78. The van der Waals surface area contributed by atoms with E-state index in [-0.39, 0.29) is 11.9 Å². The molecule has 1 N–H and O–H groups in total. The lowest BCUT2D eigenvalue weighted by molar-refractivity contribution is 0.140. The summed E-state index contributed by atoms with van der Waals surface area (Å²) in [5.74, 6) is 0. The number of alkyl carbamates (subject to hydrolysis) is 1. The lowest BCUT2D eigenvalue weighted by atomic mass is 10.2. The number of nitrogens with zero attached hydrogens (tertiary/aromatic N) is 2. The molecule has 0 fully saturated rings.